The summed E-state index contributed by atoms with van der Waals surface area (Å²) in [5.74, 6) is 0.892. The molecule has 0 unspecified atom stereocenters. The van der Waals surface area contributed by atoms with Crippen LogP contribution in [0.15, 0.2) is 79.3 Å². The summed E-state index contributed by atoms with van der Waals surface area (Å²) in [5.41, 5.74) is 3.96. The number of nitrogens with zero attached hydrogens (tertiary/aromatic N) is 6. The third-order valence-electron chi connectivity index (χ3n) is 5.89. The number of likely N-dealkylation sites (N-methyl/N-ethyl adjacent to an activating group) is 1. The van der Waals surface area contributed by atoms with Crippen LogP contribution in [0.3, 0.4) is 0 Å². The Labute approximate surface area is 209 Å². The lowest BCUT2D eigenvalue weighted by Crippen LogP contribution is -2.20. The van der Waals surface area contributed by atoms with Gasteiger partial charge < -0.3 is 9.64 Å². The Bertz CT molecular complexity index is 1470. The minimum absolute atomic E-state index is 0.256. The Hall–Kier alpha value is -4.17. The van der Waals surface area contributed by atoms with E-state index in [0.29, 0.717) is 42.4 Å². The van der Waals surface area contributed by atoms with Crippen molar-refractivity contribution in [2.24, 2.45) is 0 Å². The molecule has 0 aliphatic rings. The van der Waals surface area contributed by atoms with Crippen molar-refractivity contribution >= 4 is 10.9 Å². The number of ether oxygens (including phenoxy) is 1. The summed E-state index contributed by atoms with van der Waals surface area (Å²) < 4.78 is 22.2. The lowest BCUT2D eigenvalue weighted by Gasteiger charge is -2.14. The van der Waals surface area contributed by atoms with E-state index in [9.17, 15) is 4.39 Å². The SMILES string of the molecule is CN(C)CCOc1cnc(-c2nn(Cc3ccccc3F)c3ccccc23)nc1Cc1ccncc1. The second kappa shape index (κ2) is 10.6. The lowest BCUT2D eigenvalue weighted by molar-refractivity contribution is 0.258. The quantitative estimate of drug-likeness (QED) is 0.306. The Morgan fingerprint density at radius 1 is 0.972 bits per heavy atom. The molecule has 182 valence electrons. The van der Waals surface area contributed by atoms with E-state index < -0.39 is 0 Å². The van der Waals surface area contributed by atoms with Gasteiger partial charge in [-0.2, -0.15) is 5.10 Å². The van der Waals surface area contributed by atoms with E-state index in [4.69, 9.17) is 14.8 Å². The maximum atomic E-state index is 14.4. The Balaban J connectivity index is 1.54. The molecule has 0 N–H and O–H groups in total. The number of halogens is 1. The standard InChI is InChI=1S/C28H27FN6O/c1-34(2)15-16-36-26-18-31-28(32-24(26)17-20-11-13-30-14-12-20)27-22-8-4-6-10-25(22)35(33-27)19-21-7-3-5-9-23(21)29/h3-14,18H,15-17,19H2,1-2H3. The molecule has 0 saturated heterocycles. The minimum atomic E-state index is -0.256. The number of rotatable bonds is 9. The van der Waals surface area contributed by atoms with Crippen molar-refractivity contribution in [2.75, 3.05) is 27.2 Å². The largest absolute Gasteiger partial charge is 0.489 e. The van der Waals surface area contributed by atoms with E-state index in [0.717, 1.165) is 28.7 Å². The van der Waals surface area contributed by atoms with Crippen molar-refractivity contribution in [3.8, 4) is 17.3 Å². The summed E-state index contributed by atoms with van der Waals surface area (Å²) in [7, 11) is 4.01. The molecule has 2 aromatic carbocycles. The zero-order chi connectivity index (χ0) is 24.9. The highest BCUT2D eigenvalue weighted by Crippen LogP contribution is 2.29. The van der Waals surface area contributed by atoms with Crippen LogP contribution in [-0.2, 0) is 13.0 Å². The van der Waals surface area contributed by atoms with Crippen LogP contribution in [0.1, 0.15) is 16.8 Å². The van der Waals surface area contributed by atoms with Gasteiger partial charge in [0.15, 0.2) is 11.6 Å². The maximum absolute atomic E-state index is 14.4. The first-order valence-electron chi connectivity index (χ1n) is 11.8. The first kappa shape index (κ1) is 23.6. The zero-order valence-electron chi connectivity index (χ0n) is 20.3. The molecule has 7 nitrogen and oxygen atoms in total. The van der Waals surface area contributed by atoms with Crippen molar-refractivity contribution in [2.45, 2.75) is 13.0 Å². The van der Waals surface area contributed by atoms with E-state index in [2.05, 4.69) is 14.9 Å². The summed E-state index contributed by atoms with van der Waals surface area (Å²) in [5, 5.41) is 5.73. The van der Waals surface area contributed by atoms with Gasteiger partial charge in [0.25, 0.3) is 0 Å². The average molecular weight is 483 g/mol. The second-order valence-corrected chi connectivity index (χ2v) is 8.80. The van der Waals surface area contributed by atoms with Crippen LogP contribution in [0.2, 0.25) is 0 Å². The van der Waals surface area contributed by atoms with Gasteiger partial charge in [-0.15, -0.1) is 0 Å². The molecular weight excluding hydrogens is 455 g/mol. The number of benzene rings is 2. The van der Waals surface area contributed by atoms with E-state index in [-0.39, 0.29) is 5.82 Å². The maximum Gasteiger partial charge on any atom is 0.181 e. The highest BCUT2D eigenvalue weighted by atomic mass is 19.1. The molecule has 3 aromatic heterocycles. The molecule has 0 amide bonds. The molecule has 3 heterocycles. The third kappa shape index (κ3) is 5.23. The molecule has 0 aliphatic carbocycles. The fraction of sp³-hybridized carbons (Fsp3) is 0.214. The van der Waals surface area contributed by atoms with Gasteiger partial charge in [-0.1, -0.05) is 36.4 Å². The average Bonchev–Trinajstić information content (AvgIpc) is 3.25. The van der Waals surface area contributed by atoms with Gasteiger partial charge in [0.2, 0.25) is 0 Å². The van der Waals surface area contributed by atoms with Crippen molar-refractivity contribution in [1.29, 1.82) is 0 Å². The first-order valence-corrected chi connectivity index (χ1v) is 11.8. The molecule has 8 heteroatoms. The molecule has 36 heavy (non-hydrogen) atoms. The fourth-order valence-electron chi connectivity index (χ4n) is 4.00. The van der Waals surface area contributed by atoms with E-state index in [1.165, 1.54) is 6.07 Å². The smallest absolute Gasteiger partial charge is 0.181 e. The number of pyridine rings is 1. The van der Waals surface area contributed by atoms with E-state index in [1.807, 2.05) is 56.6 Å². The van der Waals surface area contributed by atoms with Crippen LogP contribution in [0.5, 0.6) is 5.75 Å². The van der Waals surface area contributed by atoms with Crippen LogP contribution in [0.4, 0.5) is 4.39 Å². The summed E-state index contributed by atoms with van der Waals surface area (Å²) in [4.78, 5) is 15.7. The van der Waals surface area contributed by atoms with Gasteiger partial charge in [0.05, 0.1) is 24.0 Å². The van der Waals surface area contributed by atoms with Crippen LogP contribution >= 0.6 is 0 Å². The van der Waals surface area contributed by atoms with Crippen molar-refractivity contribution in [3.05, 3.63) is 102 Å². The van der Waals surface area contributed by atoms with E-state index in [1.54, 1.807) is 35.4 Å². The Morgan fingerprint density at radius 2 is 1.75 bits per heavy atom. The highest BCUT2D eigenvalue weighted by Gasteiger charge is 2.18. The van der Waals surface area contributed by atoms with Gasteiger partial charge in [-0.25, -0.2) is 14.4 Å². The molecule has 0 spiro atoms. The Kier molecular flexibility index (Phi) is 6.95. The van der Waals surface area contributed by atoms with Crippen molar-refractivity contribution in [3.63, 3.8) is 0 Å². The third-order valence-corrected chi connectivity index (χ3v) is 5.89. The zero-order valence-corrected chi connectivity index (χ0v) is 20.3. The Morgan fingerprint density at radius 3 is 2.56 bits per heavy atom. The highest BCUT2D eigenvalue weighted by molar-refractivity contribution is 5.91. The molecule has 0 radical (unpaired) electrons. The van der Waals surface area contributed by atoms with E-state index >= 15 is 0 Å². The molecule has 0 atom stereocenters. The predicted molar refractivity (Wildman–Crippen MR) is 137 cm³/mol. The number of fused-ring (bicyclic) bond motifs is 1. The van der Waals surface area contributed by atoms with Crippen LogP contribution in [0.25, 0.3) is 22.4 Å². The summed E-state index contributed by atoms with van der Waals surface area (Å²) in [6.07, 6.45) is 5.83. The monoisotopic (exact) mass is 482 g/mol. The van der Waals surface area contributed by atoms with Gasteiger partial charge in [-0.05, 0) is 43.9 Å². The number of hydrogen-bond donors (Lipinski definition) is 0. The van der Waals surface area contributed by atoms with Gasteiger partial charge >= 0.3 is 0 Å². The predicted octanol–water partition coefficient (Wildman–Crippen LogP) is 4.61. The fourth-order valence-corrected chi connectivity index (χ4v) is 4.00. The number of aromatic nitrogens is 5. The summed E-state index contributed by atoms with van der Waals surface area (Å²) in [6.45, 7) is 1.61. The molecule has 5 rings (SSSR count). The van der Waals surface area contributed by atoms with Gasteiger partial charge in [0.1, 0.15) is 18.1 Å². The molecule has 0 fully saturated rings. The number of hydrogen-bond acceptors (Lipinski definition) is 6. The van der Waals surface area contributed by atoms with Crippen molar-refractivity contribution < 1.29 is 9.13 Å². The normalized spacial score (nSPS) is 11.3. The minimum Gasteiger partial charge on any atom is -0.489 e. The molecule has 0 bridgehead atoms. The van der Waals surface area contributed by atoms with Crippen LogP contribution in [-0.4, -0.2) is 56.9 Å². The molecular formula is C28H27FN6O. The molecule has 5 aromatic rings. The summed E-state index contributed by atoms with van der Waals surface area (Å²) in [6, 6.07) is 18.5. The van der Waals surface area contributed by atoms with Crippen LogP contribution < -0.4 is 4.74 Å². The number of para-hydroxylation sites is 1. The van der Waals surface area contributed by atoms with Crippen LogP contribution in [0, 0.1) is 5.82 Å². The molecule has 0 saturated carbocycles. The first-order chi connectivity index (χ1) is 17.6. The topological polar surface area (TPSA) is 69.0 Å². The van der Waals surface area contributed by atoms with Gasteiger partial charge in [-0.3, -0.25) is 9.67 Å². The lowest BCUT2D eigenvalue weighted by atomic mass is 10.1. The van der Waals surface area contributed by atoms with Crippen molar-refractivity contribution in [1.82, 2.24) is 29.6 Å². The molecule has 0 aliphatic heterocycles. The van der Waals surface area contributed by atoms with Gasteiger partial charge in [0, 0.05) is 36.3 Å². The summed E-state index contributed by atoms with van der Waals surface area (Å²) >= 11 is 0. The second-order valence-electron chi connectivity index (χ2n) is 8.80.